The minimum Gasteiger partial charge on any atom is -0.352 e. The Morgan fingerprint density at radius 3 is 3.08 bits per heavy atom. The molecule has 3 heteroatoms. The van der Waals surface area contributed by atoms with Crippen LogP contribution in [0.4, 0.5) is 4.39 Å². The molecule has 0 saturated carbocycles. The Bertz CT molecular complexity index is 286. The summed E-state index contributed by atoms with van der Waals surface area (Å²) < 4.78 is 12.9. The van der Waals surface area contributed by atoms with E-state index in [1.807, 2.05) is 0 Å². The van der Waals surface area contributed by atoms with Gasteiger partial charge in [-0.2, -0.15) is 0 Å². The van der Waals surface area contributed by atoms with Crippen LogP contribution in [-0.2, 0) is 0 Å². The quantitative estimate of drug-likeness (QED) is 0.706. The van der Waals surface area contributed by atoms with Crippen LogP contribution in [-0.4, -0.2) is 12.5 Å². The smallest absolute Gasteiger partial charge is 0.254 e. The molecule has 0 fully saturated rings. The molecule has 0 saturated heterocycles. The molecule has 0 aromatic heterocycles. The lowest BCUT2D eigenvalue weighted by Gasteiger charge is -2.01. The summed E-state index contributed by atoms with van der Waals surface area (Å²) in [6.07, 6.45) is 0. The number of hydrogen-bond acceptors (Lipinski definition) is 1. The molecule has 0 bridgehead atoms. The molecule has 12 heavy (non-hydrogen) atoms. The minimum absolute atomic E-state index is 0.0654. The molecule has 1 radical (unpaired) electrons. The molecular formula is C9H9FNO. The van der Waals surface area contributed by atoms with E-state index >= 15 is 0 Å². The van der Waals surface area contributed by atoms with Gasteiger partial charge in [-0.05, 0) is 25.1 Å². The first-order chi connectivity index (χ1) is 5.75. The van der Waals surface area contributed by atoms with Gasteiger partial charge in [0.1, 0.15) is 5.82 Å². The average molecular weight is 166 g/mol. The van der Waals surface area contributed by atoms with Crippen LogP contribution in [0.2, 0.25) is 0 Å². The molecule has 0 aliphatic rings. The Morgan fingerprint density at radius 2 is 2.50 bits per heavy atom. The lowest BCUT2D eigenvalue weighted by molar-refractivity contribution is 0.0952. The fourth-order valence-corrected chi connectivity index (χ4v) is 0.850. The molecule has 0 atom stereocenters. The van der Waals surface area contributed by atoms with Crippen molar-refractivity contribution >= 4 is 5.91 Å². The van der Waals surface area contributed by atoms with E-state index in [2.05, 4.69) is 11.4 Å². The highest BCUT2D eigenvalue weighted by Crippen LogP contribution is 2.04. The first-order valence-corrected chi connectivity index (χ1v) is 3.69. The second-order valence-corrected chi connectivity index (χ2v) is 2.27. The Hall–Kier alpha value is -1.38. The Kier molecular flexibility index (Phi) is 2.80. The lowest BCUT2D eigenvalue weighted by atomic mass is 10.2. The number of carbonyl (C=O) groups excluding carboxylic acids is 1. The molecule has 0 aliphatic carbocycles. The van der Waals surface area contributed by atoms with E-state index in [1.165, 1.54) is 12.1 Å². The van der Waals surface area contributed by atoms with Gasteiger partial charge in [-0.1, -0.05) is 6.07 Å². The van der Waals surface area contributed by atoms with Gasteiger partial charge in [0.2, 0.25) is 0 Å². The van der Waals surface area contributed by atoms with E-state index in [1.54, 1.807) is 6.92 Å². The van der Waals surface area contributed by atoms with Gasteiger partial charge in [0, 0.05) is 6.54 Å². The van der Waals surface area contributed by atoms with Crippen LogP contribution in [0.15, 0.2) is 18.2 Å². The molecule has 0 aliphatic heterocycles. The van der Waals surface area contributed by atoms with Crippen LogP contribution >= 0.6 is 0 Å². The number of amides is 1. The van der Waals surface area contributed by atoms with E-state index in [4.69, 9.17) is 0 Å². The number of carbonyl (C=O) groups is 1. The van der Waals surface area contributed by atoms with Gasteiger partial charge in [0.25, 0.3) is 5.91 Å². The van der Waals surface area contributed by atoms with Crippen molar-refractivity contribution in [3.8, 4) is 0 Å². The number of benzene rings is 1. The third-order valence-electron chi connectivity index (χ3n) is 1.40. The molecule has 1 aromatic carbocycles. The largest absolute Gasteiger partial charge is 0.352 e. The van der Waals surface area contributed by atoms with Gasteiger partial charge >= 0.3 is 0 Å². The van der Waals surface area contributed by atoms with E-state index in [0.29, 0.717) is 6.54 Å². The van der Waals surface area contributed by atoms with Crippen molar-refractivity contribution in [1.82, 2.24) is 5.32 Å². The Labute approximate surface area is 70.4 Å². The molecule has 1 rings (SSSR count). The van der Waals surface area contributed by atoms with Crippen molar-refractivity contribution in [1.29, 1.82) is 0 Å². The predicted octanol–water partition coefficient (Wildman–Crippen LogP) is 1.38. The highest BCUT2D eigenvalue weighted by molar-refractivity contribution is 5.94. The summed E-state index contributed by atoms with van der Waals surface area (Å²) in [6.45, 7) is 2.28. The highest BCUT2D eigenvalue weighted by Gasteiger charge is 2.08. The number of nitrogens with one attached hydrogen (secondary N) is 1. The summed E-state index contributed by atoms with van der Waals surface area (Å²) >= 11 is 0. The normalized spacial score (nSPS) is 9.50. The zero-order valence-electron chi connectivity index (χ0n) is 6.73. The van der Waals surface area contributed by atoms with Crippen LogP contribution in [0.3, 0.4) is 0 Å². The first-order valence-electron chi connectivity index (χ1n) is 3.69. The monoisotopic (exact) mass is 166 g/mol. The maximum Gasteiger partial charge on any atom is 0.254 e. The van der Waals surface area contributed by atoms with Gasteiger partial charge in [0.05, 0.1) is 5.56 Å². The van der Waals surface area contributed by atoms with Crippen molar-refractivity contribution in [2.24, 2.45) is 0 Å². The maximum atomic E-state index is 12.9. The van der Waals surface area contributed by atoms with Crippen molar-refractivity contribution in [2.45, 2.75) is 6.92 Å². The van der Waals surface area contributed by atoms with Crippen LogP contribution < -0.4 is 5.32 Å². The predicted molar refractivity (Wildman–Crippen MR) is 43.2 cm³/mol. The molecule has 1 amide bonds. The Morgan fingerprint density at radius 1 is 1.75 bits per heavy atom. The van der Waals surface area contributed by atoms with Gasteiger partial charge in [-0.25, -0.2) is 4.39 Å². The van der Waals surface area contributed by atoms with Gasteiger partial charge in [-0.3, -0.25) is 4.79 Å². The second kappa shape index (κ2) is 3.85. The number of rotatable bonds is 2. The number of halogens is 1. The summed E-state index contributed by atoms with van der Waals surface area (Å²) in [5, 5.41) is 2.51. The van der Waals surface area contributed by atoms with Gasteiger partial charge in [-0.15, -0.1) is 0 Å². The second-order valence-electron chi connectivity index (χ2n) is 2.27. The fraction of sp³-hybridized carbons (Fsp3) is 0.222. The fourth-order valence-electron chi connectivity index (χ4n) is 0.850. The third-order valence-corrected chi connectivity index (χ3v) is 1.40. The molecule has 2 nitrogen and oxygen atoms in total. The van der Waals surface area contributed by atoms with Crippen molar-refractivity contribution in [3.63, 3.8) is 0 Å². The lowest BCUT2D eigenvalue weighted by Crippen LogP contribution is -2.23. The topological polar surface area (TPSA) is 29.1 Å². The highest BCUT2D eigenvalue weighted by atomic mass is 19.1. The first kappa shape index (κ1) is 8.71. The van der Waals surface area contributed by atoms with Gasteiger partial charge in [0.15, 0.2) is 0 Å². The van der Waals surface area contributed by atoms with Crippen molar-refractivity contribution < 1.29 is 9.18 Å². The summed E-state index contributed by atoms with van der Waals surface area (Å²) in [7, 11) is 0. The Balaban J connectivity index is 2.87. The van der Waals surface area contributed by atoms with Crippen LogP contribution in [0.1, 0.15) is 17.3 Å². The van der Waals surface area contributed by atoms with E-state index in [-0.39, 0.29) is 11.5 Å². The zero-order valence-corrected chi connectivity index (χ0v) is 6.73. The van der Waals surface area contributed by atoms with Crippen LogP contribution in [0.5, 0.6) is 0 Å². The van der Waals surface area contributed by atoms with Crippen LogP contribution in [0.25, 0.3) is 0 Å². The van der Waals surface area contributed by atoms with Crippen molar-refractivity contribution in [2.75, 3.05) is 6.54 Å². The van der Waals surface area contributed by atoms with E-state index in [9.17, 15) is 9.18 Å². The van der Waals surface area contributed by atoms with Crippen LogP contribution in [0, 0.1) is 11.9 Å². The van der Waals surface area contributed by atoms with Gasteiger partial charge < -0.3 is 5.32 Å². The summed E-state index contributed by atoms with van der Waals surface area (Å²) in [4.78, 5) is 11.1. The SMILES string of the molecule is CCNC(=O)c1cc[c]cc1F. The number of hydrogen-bond donors (Lipinski definition) is 1. The summed E-state index contributed by atoms with van der Waals surface area (Å²) in [6, 6.07) is 6.60. The molecule has 63 valence electrons. The molecule has 0 heterocycles. The molecule has 1 N–H and O–H groups in total. The van der Waals surface area contributed by atoms with E-state index < -0.39 is 5.82 Å². The maximum absolute atomic E-state index is 12.9. The summed E-state index contributed by atoms with van der Waals surface area (Å²) in [5.74, 6) is -0.924. The van der Waals surface area contributed by atoms with Crippen molar-refractivity contribution in [3.05, 3.63) is 35.6 Å². The zero-order chi connectivity index (χ0) is 8.97. The van der Waals surface area contributed by atoms with E-state index in [0.717, 1.165) is 6.07 Å². The molecule has 1 aromatic rings. The third kappa shape index (κ3) is 1.81. The molecule has 0 unspecified atom stereocenters. The minimum atomic E-state index is -0.538. The standard InChI is InChI=1S/C9H9FNO/c1-2-11-9(12)7-5-3-4-6-8(7)10/h3,5-6H,2H2,1H3,(H,11,12). The molecule has 0 spiro atoms. The molecular weight excluding hydrogens is 157 g/mol. The summed E-state index contributed by atoms with van der Waals surface area (Å²) in [5.41, 5.74) is 0.0654. The average Bonchev–Trinajstić information content (AvgIpc) is 2.05.